The van der Waals surface area contributed by atoms with Crippen molar-refractivity contribution >= 4 is 28.7 Å². The Hall–Kier alpha value is -2.20. The molecular weight excluding hydrogens is 332 g/mol. The maximum atomic E-state index is 12.7. The van der Waals surface area contributed by atoms with Gasteiger partial charge in [-0.05, 0) is 64.9 Å². The first-order valence-electron chi connectivity index (χ1n) is 8.66. The second kappa shape index (κ2) is 7.79. The number of carbonyl (C=O) groups excluding carboxylic acids is 2. The minimum Gasteiger partial charge on any atom is -0.465 e. The Balaban J connectivity index is 1.98. The fraction of sp³-hybridized carbons (Fsp3) is 0.333. The van der Waals surface area contributed by atoms with E-state index in [0.717, 1.165) is 23.1 Å². The van der Waals surface area contributed by atoms with Crippen molar-refractivity contribution in [3.8, 4) is 0 Å². The number of allylic oxidation sites excluding steroid dienone is 2. The molecule has 0 radical (unpaired) electrons. The van der Waals surface area contributed by atoms with Gasteiger partial charge in [-0.2, -0.15) is 11.3 Å². The zero-order valence-corrected chi connectivity index (χ0v) is 15.3. The van der Waals surface area contributed by atoms with E-state index in [1.807, 2.05) is 29.0 Å². The number of hydrogen-bond donors (Lipinski definition) is 0. The molecule has 25 heavy (non-hydrogen) atoms. The lowest BCUT2D eigenvalue weighted by molar-refractivity contribution is -0.151. The lowest BCUT2D eigenvalue weighted by Crippen LogP contribution is -2.34. The summed E-state index contributed by atoms with van der Waals surface area (Å²) in [6, 6.07) is 10.3. The topological polar surface area (TPSA) is 43.4 Å². The van der Waals surface area contributed by atoms with E-state index in [4.69, 9.17) is 4.74 Å². The number of ketones is 1. The molecule has 0 saturated carbocycles. The molecule has 1 aliphatic carbocycles. The highest BCUT2D eigenvalue weighted by atomic mass is 32.1. The highest BCUT2D eigenvalue weighted by Crippen LogP contribution is 2.40. The smallest absolute Gasteiger partial charge is 0.317 e. The van der Waals surface area contributed by atoms with E-state index in [2.05, 4.69) is 19.1 Å². The van der Waals surface area contributed by atoms with Gasteiger partial charge in [-0.1, -0.05) is 31.2 Å². The molecule has 2 aromatic rings. The van der Waals surface area contributed by atoms with Gasteiger partial charge in [0.2, 0.25) is 0 Å². The zero-order valence-electron chi connectivity index (χ0n) is 14.5. The van der Waals surface area contributed by atoms with Gasteiger partial charge in [0, 0.05) is 5.92 Å². The number of carbonyl (C=O) groups is 2. The number of ether oxygens (including phenoxy) is 1. The van der Waals surface area contributed by atoms with E-state index in [1.54, 1.807) is 24.3 Å². The van der Waals surface area contributed by atoms with Gasteiger partial charge in [0.05, 0.1) is 6.61 Å². The molecule has 0 aliphatic heterocycles. The first-order chi connectivity index (χ1) is 12.1. The minimum absolute atomic E-state index is 0.157. The molecule has 3 nitrogen and oxygen atoms in total. The van der Waals surface area contributed by atoms with E-state index in [0.29, 0.717) is 6.42 Å². The number of rotatable bonds is 5. The maximum absolute atomic E-state index is 12.7. The van der Waals surface area contributed by atoms with E-state index < -0.39 is 11.9 Å². The van der Waals surface area contributed by atoms with E-state index in [-0.39, 0.29) is 18.3 Å². The van der Waals surface area contributed by atoms with Crippen LogP contribution in [0.15, 0.2) is 47.2 Å². The van der Waals surface area contributed by atoms with Crippen LogP contribution in [0.1, 0.15) is 42.9 Å². The van der Waals surface area contributed by atoms with Crippen molar-refractivity contribution in [1.29, 1.82) is 0 Å². The Morgan fingerprint density at radius 1 is 1.20 bits per heavy atom. The average Bonchev–Trinajstić information content (AvgIpc) is 3.16. The van der Waals surface area contributed by atoms with Crippen LogP contribution < -0.4 is 0 Å². The lowest BCUT2D eigenvalue weighted by Gasteiger charge is -2.29. The molecule has 1 aliphatic rings. The second-order valence-corrected chi connectivity index (χ2v) is 7.00. The summed E-state index contributed by atoms with van der Waals surface area (Å²) in [6.07, 6.45) is 3.25. The normalized spacial score (nSPS) is 20.2. The van der Waals surface area contributed by atoms with E-state index >= 15 is 0 Å². The van der Waals surface area contributed by atoms with Gasteiger partial charge in [-0.3, -0.25) is 9.59 Å². The monoisotopic (exact) mass is 354 g/mol. The number of aryl methyl sites for hydroxylation is 1. The molecule has 3 rings (SSSR count). The van der Waals surface area contributed by atoms with Crippen molar-refractivity contribution in [2.45, 2.75) is 32.6 Å². The molecule has 0 unspecified atom stereocenters. The van der Waals surface area contributed by atoms with Crippen molar-refractivity contribution in [3.63, 3.8) is 0 Å². The Kier molecular flexibility index (Phi) is 5.49. The fourth-order valence-corrected chi connectivity index (χ4v) is 4.03. The predicted octanol–water partition coefficient (Wildman–Crippen LogP) is 4.63. The first-order valence-corrected chi connectivity index (χ1v) is 9.60. The molecule has 1 heterocycles. The molecule has 0 N–H and O–H groups in total. The third kappa shape index (κ3) is 3.74. The van der Waals surface area contributed by atoms with E-state index in [9.17, 15) is 9.59 Å². The van der Waals surface area contributed by atoms with Gasteiger partial charge in [0.25, 0.3) is 0 Å². The third-order valence-electron chi connectivity index (χ3n) is 4.71. The van der Waals surface area contributed by atoms with Crippen LogP contribution in [-0.2, 0) is 20.7 Å². The van der Waals surface area contributed by atoms with Gasteiger partial charge in [-0.15, -0.1) is 0 Å². The van der Waals surface area contributed by atoms with Crippen LogP contribution in [0.2, 0.25) is 0 Å². The minimum atomic E-state index is -0.755. The Bertz CT molecular complexity index is 772. The highest BCUT2D eigenvalue weighted by molar-refractivity contribution is 7.08. The number of esters is 1. The van der Waals surface area contributed by atoms with Crippen molar-refractivity contribution in [1.82, 2.24) is 0 Å². The summed E-state index contributed by atoms with van der Waals surface area (Å²) in [6.45, 7) is 4.16. The molecule has 1 aromatic carbocycles. The number of hydrogen-bond acceptors (Lipinski definition) is 4. The van der Waals surface area contributed by atoms with Crippen LogP contribution in [0.4, 0.5) is 0 Å². The van der Waals surface area contributed by atoms with Gasteiger partial charge in [0.15, 0.2) is 5.78 Å². The van der Waals surface area contributed by atoms with Crippen molar-refractivity contribution in [3.05, 3.63) is 63.9 Å². The third-order valence-corrected chi connectivity index (χ3v) is 5.40. The summed E-state index contributed by atoms with van der Waals surface area (Å²) in [5.74, 6) is -1.51. The fourth-order valence-electron chi connectivity index (χ4n) is 3.35. The van der Waals surface area contributed by atoms with Gasteiger partial charge in [-0.25, -0.2) is 0 Å². The van der Waals surface area contributed by atoms with Crippen molar-refractivity contribution < 1.29 is 14.3 Å². The Labute approximate surface area is 152 Å². The van der Waals surface area contributed by atoms with Crippen molar-refractivity contribution in [2.24, 2.45) is 5.92 Å². The Morgan fingerprint density at radius 3 is 2.56 bits per heavy atom. The molecular formula is C21H22O3S. The first kappa shape index (κ1) is 17.6. The van der Waals surface area contributed by atoms with Crippen LogP contribution in [0.3, 0.4) is 0 Å². The standard InChI is InChI=1S/C21H22O3S/c1-3-14-5-7-15(8-6-14)18-11-17(16-9-10-25-13-16)12-19(22)20(18)21(23)24-4-2/h5-10,12-13,18,20H,3-4,11H2,1-2H3/t18-,20+/m0/s1. The predicted molar refractivity (Wildman–Crippen MR) is 101 cm³/mol. The largest absolute Gasteiger partial charge is 0.465 e. The summed E-state index contributed by atoms with van der Waals surface area (Å²) in [7, 11) is 0. The number of thiophene rings is 1. The summed E-state index contributed by atoms with van der Waals surface area (Å²) >= 11 is 1.61. The highest BCUT2D eigenvalue weighted by Gasteiger charge is 2.39. The molecule has 4 heteroatoms. The summed E-state index contributed by atoms with van der Waals surface area (Å²) < 4.78 is 5.19. The SMILES string of the molecule is CCOC(=O)[C@H]1C(=O)C=C(c2ccsc2)C[C@H]1c1ccc(CC)cc1. The molecule has 0 amide bonds. The van der Waals surface area contributed by atoms with Crippen LogP contribution in [-0.4, -0.2) is 18.4 Å². The summed E-state index contributed by atoms with van der Waals surface area (Å²) in [5.41, 5.74) is 4.32. The van der Waals surface area contributed by atoms with Crippen LogP contribution in [0.5, 0.6) is 0 Å². The summed E-state index contributed by atoms with van der Waals surface area (Å²) in [4.78, 5) is 25.2. The quantitative estimate of drug-likeness (QED) is 0.581. The van der Waals surface area contributed by atoms with Crippen LogP contribution >= 0.6 is 11.3 Å². The van der Waals surface area contributed by atoms with Crippen molar-refractivity contribution in [2.75, 3.05) is 6.61 Å². The van der Waals surface area contributed by atoms with Gasteiger partial charge < -0.3 is 4.74 Å². The molecule has 0 spiro atoms. The lowest BCUT2D eigenvalue weighted by atomic mass is 9.74. The second-order valence-electron chi connectivity index (χ2n) is 6.22. The Morgan fingerprint density at radius 2 is 1.96 bits per heavy atom. The molecule has 0 fully saturated rings. The molecule has 1 aromatic heterocycles. The van der Waals surface area contributed by atoms with Crippen LogP contribution in [0.25, 0.3) is 5.57 Å². The van der Waals surface area contributed by atoms with Gasteiger partial charge >= 0.3 is 5.97 Å². The molecule has 130 valence electrons. The average molecular weight is 354 g/mol. The number of benzene rings is 1. The summed E-state index contributed by atoms with van der Waals surface area (Å²) in [5, 5.41) is 4.05. The zero-order chi connectivity index (χ0) is 17.8. The molecule has 0 bridgehead atoms. The maximum Gasteiger partial charge on any atom is 0.317 e. The van der Waals surface area contributed by atoms with E-state index in [1.165, 1.54) is 5.56 Å². The van der Waals surface area contributed by atoms with Crippen LogP contribution in [0, 0.1) is 5.92 Å². The van der Waals surface area contributed by atoms with Gasteiger partial charge in [0.1, 0.15) is 5.92 Å². The molecule has 2 atom stereocenters. The molecule has 0 saturated heterocycles.